The molecule has 2 unspecified atom stereocenters. The Kier molecular flexibility index (Phi) is 6.06. The molecule has 2 atom stereocenters. The SMILES string of the molecule is Cc1ccccc1CC(CO)CNCC1CCc2ccccc2C1. The quantitative estimate of drug-likeness (QED) is 0.817. The average Bonchev–Trinajstić information content (AvgIpc) is 2.62. The van der Waals surface area contributed by atoms with Crippen LogP contribution >= 0.6 is 0 Å². The van der Waals surface area contributed by atoms with Gasteiger partial charge in [0.1, 0.15) is 0 Å². The monoisotopic (exact) mass is 323 g/mol. The van der Waals surface area contributed by atoms with E-state index < -0.39 is 0 Å². The highest BCUT2D eigenvalue weighted by Crippen LogP contribution is 2.24. The van der Waals surface area contributed by atoms with Crippen molar-refractivity contribution in [1.82, 2.24) is 5.32 Å². The van der Waals surface area contributed by atoms with Gasteiger partial charge in [0, 0.05) is 13.2 Å². The number of aliphatic hydroxyl groups is 1. The number of hydrogen-bond donors (Lipinski definition) is 2. The summed E-state index contributed by atoms with van der Waals surface area (Å²) in [4.78, 5) is 0. The third-order valence-corrected chi connectivity index (χ3v) is 5.34. The first-order valence-corrected chi connectivity index (χ1v) is 9.19. The van der Waals surface area contributed by atoms with E-state index in [9.17, 15) is 5.11 Å². The molecule has 0 bridgehead atoms. The van der Waals surface area contributed by atoms with Gasteiger partial charge in [-0.25, -0.2) is 0 Å². The summed E-state index contributed by atoms with van der Waals surface area (Å²) < 4.78 is 0. The van der Waals surface area contributed by atoms with Gasteiger partial charge < -0.3 is 10.4 Å². The Morgan fingerprint density at radius 2 is 1.83 bits per heavy atom. The zero-order valence-electron chi connectivity index (χ0n) is 14.7. The van der Waals surface area contributed by atoms with Gasteiger partial charge in [-0.15, -0.1) is 0 Å². The molecule has 0 aliphatic heterocycles. The molecule has 3 rings (SSSR count). The molecule has 0 spiro atoms. The fraction of sp³-hybridized carbons (Fsp3) is 0.455. The smallest absolute Gasteiger partial charge is 0.0474 e. The van der Waals surface area contributed by atoms with Gasteiger partial charge >= 0.3 is 0 Å². The Labute approximate surface area is 145 Å². The van der Waals surface area contributed by atoms with Gasteiger partial charge in [0.2, 0.25) is 0 Å². The van der Waals surface area contributed by atoms with Crippen LogP contribution in [-0.4, -0.2) is 24.8 Å². The van der Waals surface area contributed by atoms with Crippen LogP contribution in [0.3, 0.4) is 0 Å². The second kappa shape index (κ2) is 8.46. The van der Waals surface area contributed by atoms with Crippen molar-refractivity contribution in [3.05, 3.63) is 70.8 Å². The van der Waals surface area contributed by atoms with E-state index in [0.717, 1.165) is 25.4 Å². The summed E-state index contributed by atoms with van der Waals surface area (Å²) in [5.41, 5.74) is 5.72. The Balaban J connectivity index is 1.46. The zero-order chi connectivity index (χ0) is 16.8. The van der Waals surface area contributed by atoms with E-state index >= 15 is 0 Å². The maximum atomic E-state index is 9.71. The Bertz CT molecular complexity index is 652. The summed E-state index contributed by atoms with van der Waals surface area (Å²) in [6.45, 7) is 4.34. The number of rotatable bonds is 7. The van der Waals surface area contributed by atoms with Crippen LogP contribution in [0.1, 0.15) is 28.7 Å². The van der Waals surface area contributed by atoms with E-state index in [-0.39, 0.29) is 6.61 Å². The Hall–Kier alpha value is -1.64. The van der Waals surface area contributed by atoms with Crippen LogP contribution < -0.4 is 5.32 Å². The first-order valence-electron chi connectivity index (χ1n) is 9.19. The molecule has 128 valence electrons. The normalized spacial score (nSPS) is 18.2. The second-order valence-electron chi connectivity index (χ2n) is 7.21. The minimum Gasteiger partial charge on any atom is -0.396 e. The first-order chi connectivity index (χ1) is 11.8. The summed E-state index contributed by atoms with van der Waals surface area (Å²) in [5, 5.41) is 13.3. The number of aliphatic hydroxyl groups excluding tert-OH is 1. The summed E-state index contributed by atoms with van der Waals surface area (Å²) in [5.74, 6) is 1.01. The molecule has 0 heterocycles. The van der Waals surface area contributed by atoms with E-state index in [1.807, 2.05) is 0 Å². The molecule has 1 aliphatic carbocycles. The lowest BCUT2D eigenvalue weighted by atomic mass is 9.84. The molecule has 1 aliphatic rings. The molecular formula is C22H29NO. The maximum absolute atomic E-state index is 9.71. The van der Waals surface area contributed by atoms with Gasteiger partial charge in [-0.1, -0.05) is 48.5 Å². The minimum atomic E-state index is 0.245. The van der Waals surface area contributed by atoms with E-state index in [4.69, 9.17) is 0 Å². The van der Waals surface area contributed by atoms with Crippen LogP contribution in [0.5, 0.6) is 0 Å². The van der Waals surface area contributed by atoms with Crippen LogP contribution in [0.2, 0.25) is 0 Å². The largest absolute Gasteiger partial charge is 0.396 e. The topological polar surface area (TPSA) is 32.3 Å². The fourth-order valence-corrected chi connectivity index (χ4v) is 3.79. The van der Waals surface area contributed by atoms with Crippen molar-refractivity contribution in [2.24, 2.45) is 11.8 Å². The molecule has 0 radical (unpaired) electrons. The van der Waals surface area contributed by atoms with Gasteiger partial charge in [0.25, 0.3) is 0 Å². The van der Waals surface area contributed by atoms with Crippen LogP contribution in [0.15, 0.2) is 48.5 Å². The van der Waals surface area contributed by atoms with Crippen molar-refractivity contribution < 1.29 is 5.11 Å². The van der Waals surface area contributed by atoms with E-state index in [1.165, 1.54) is 41.5 Å². The maximum Gasteiger partial charge on any atom is 0.0474 e. The molecule has 24 heavy (non-hydrogen) atoms. The van der Waals surface area contributed by atoms with Gasteiger partial charge in [-0.3, -0.25) is 0 Å². The molecule has 2 aromatic rings. The summed E-state index contributed by atoms with van der Waals surface area (Å²) in [6.07, 6.45) is 4.61. The van der Waals surface area contributed by atoms with E-state index in [2.05, 4.69) is 60.8 Å². The predicted molar refractivity (Wildman–Crippen MR) is 100 cm³/mol. The molecule has 0 saturated heterocycles. The van der Waals surface area contributed by atoms with Gasteiger partial charge in [0.15, 0.2) is 0 Å². The predicted octanol–water partition coefficient (Wildman–Crippen LogP) is 3.54. The van der Waals surface area contributed by atoms with Crippen molar-refractivity contribution in [2.45, 2.75) is 32.6 Å². The van der Waals surface area contributed by atoms with Crippen LogP contribution in [0, 0.1) is 18.8 Å². The molecular weight excluding hydrogens is 294 g/mol. The highest BCUT2D eigenvalue weighted by atomic mass is 16.3. The van der Waals surface area contributed by atoms with Crippen molar-refractivity contribution in [3.63, 3.8) is 0 Å². The van der Waals surface area contributed by atoms with Crippen molar-refractivity contribution in [3.8, 4) is 0 Å². The fourth-order valence-electron chi connectivity index (χ4n) is 3.79. The van der Waals surface area contributed by atoms with E-state index in [0.29, 0.717) is 5.92 Å². The van der Waals surface area contributed by atoms with Crippen molar-refractivity contribution in [2.75, 3.05) is 19.7 Å². The van der Waals surface area contributed by atoms with Gasteiger partial charge in [-0.2, -0.15) is 0 Å². The highest BCUT2D eigenvalue weighted by Gasteiger charge is 2.18. The molecule has 2 N–H and O–H groups in total. The van der Waals surface area contributed by atoms with Crippen molar-refractivity contribution in [1.29, 1.82) is 0 Å². The van der Waals surface area contributed by atoms with Crippen LogP contribution in [0.4, 0.5) is 0 Å². The molecule has 2 nitrogen and oxygen atoms in total. The third kappa shape index (κ3) is 4.46. The van der Waals surface area contributed by atoms with Gasteiger partial charge in [0.05, 0.1) is 0 Å². The average molecular weight is 323 g/mol. The lowest BCUT2D eigenvalue weighted by Gasteiger charge is -2.25. The summed E-state index contributed by atoms with van der Waals surface area (Å²) >= 11 is 0. The Morgan fingerprint density at radius 3 is 2.62 bits per heavy atom. The first kappa shape index (κ1) is 17.2. The molecule has 0 aromatic heterocycles. The second-order valence-corrected chi connectivity index (χ2v) is 7.21. The molecule has 0 amide bonds. The molecule has 2 aromatic carbocycles. The summed E-state index contributed by atoms with van der Waals surface area (Å²) in [6, 6.07) is 17.3. The lowest BCUT2D eigenvalue weighted by Crippen LogP contribution is -2.33. The highest BCUT2D eigenvalue weighted by molar-refractivity contribution is 5.29. The third-order valence-electron chi connectivity index (χ3n) is 5.34. The van der Waals surface area contributed by atoms with Gasteiger partial charge in [-0.05, 0) is 73.2 Å². The minimum absolute atomic E-state index is 0.245. The Morgan fingerprint density at radius 1 is 1.08 bits per heavy atom. The summed E-state index contributed by atoms with van der Waals surface area (Å²) in [7, 11) is 0. The number of benzene rings is 2. The molecule has 0 saturated carbocycles. The molecule has 0 fully saturated rings. The number of hydrogen-bond acceptors (Lipinski definition) is 2. The zero-order valence-corrected chi connectivity index (χ0v) is 14.7. The number of nitrogens with one attached hydrogen (secondary N) is 1. The standard InChI is InChI=1S/C22H29NO/c1-17-6-2-3-8-21(17)13-19(16-24)15-23-14-18-10-11-20-7-4-5-9-22(20)12-18/h2-9,18-19,23-24H,10-16H2,1H3. The lowest BCUT2D eigenvalue weighted by molar-refractivity contribution is 0.219. The number of aryl methyl sites for hydroxylation is 2. The van der Waals surface area contributed by atoms with E-state index in [1.54, 1.807) is 0 Å². The molecule has 2 heteroatoms. The van der Waals surface area contributed by atoms with Crippen LogP contribution in [0.25, 0.3) is 0 Å². The number of fused-ring (bicyclic) bond motifs is 1. The van der Waals surface area contributed by atoms with Crippen molar-refractivity contribution >= 4 is 0 Å². The van der Waals surface area contributed by atoms with Crippen LogP contribution in [-0.2, 0) is 19.3 Å².